The SMILES string of the molecule is CCOC(=O)c1ccc2cc(-c3ccc(O)cc3C)ccc2n1. The Bertz CT molecular complexity index is 887. The number of nitrogens with zero attached hydrogens (tertiary/aromatic N) is 1. The van der Waals surface area contributed by atoms with Crippen LogP contribution in [-0.4, -0.2) is 22.7 Å². The predicted octanol–water partition coefficient (Wildman–Crippen LogP) is 4.09. The Morgan fingerprint density at radius 2 is 1.96 bits per heavy atom. The number of aromatic nitrogens is 1. The molecule has 0 radical (unpaired) electrons. The first-order chi connectivity index (χ1) is 11.1. The van der Waals surface area contributed by atoms with E-state index >= 15 is 0 Å². The van der Waals surface area contributed by atoms with Crippen LogP contribution in [0.15, 0.2) is 48.5 Å². The van der Waals surface area contributed by atoms with Crippen LogP contribution in [0.5, 0.6) is 5.75 Å². The zero-order valence-corrected chi connectivity index (χ0v) is 13.0. The summed E-state index contributed by atoms with van der Waals surface area (Å²) < 4.78 is 4.97. The fraction of sp³-hybridized carbons (Fsp3) is 0.158. The molecule has 0 saturated heterocycles. The van der Waals surface area contributed by atoms with Gasteiger partial charge in [0.25, 0.3) is 0 Å². The van der Waals surface area contributed by atoms with Crippen LogP contribution in [0.1, 0.15) is 23.0 Å². The second kappa shape index (κ2) is 6.08. The highest BCUT2D eigenvalue weighted by Crippen LogP contribution is 2.28. The third-order valence-corrected chi connectivity index (χ3v) is 3.69. The number of carbonyl (C=O) groups excluding carboxylic acids is 1. The predicted molar refractivity (Wildman–Crippen MR) is 89.5 cm³/mol. The van der Waals surface area contributed by atoms with Crippen molar-refractivity contribution in [3.8, 4) is 16.9 Å². The van der Waals surface area contributed by atoms with Crippen LogP contribution < -0.4 is 0 Å². The first-order valence-corrected chi connectivity index (χ1v) is 7.46. The van der Waals surface area contributed by atoms with Crippen molar-refractivity contribution in [3.63, 3.8) is 0 Å². The first kappa shape index (κ1) is 15.0. The van der Waals surface area contributed by atoms with Crippen LogP contribution in [0.25, 0.3) is 22.0 Å². The van der Waals surface area contributed by atoms with Crippen LogP contribution in [0.4, 0.5) is 0 Å². The van der Waals surface area contributed by atoms with Gasteiger partial charge in [0.15, 0.2) is 0 Å². The third-order valence-electron chi connectivity index (χ3n) is 3.69. The minimum Gasteiger partial charge on any atom is -0.508 e. The van der Waals surface area contributed by atoms with Gasteiger partial charge >= 0.3 is 5.97 Å². The minimum absolute atomic E-state index is 0.257. The highest BCUT2D eigenvalue weighted by Gasteiger charge is 2.10. The highest BCUT2D eigenvalue weighted by atomic mass is 16.5. The van der Waals surface area contributed by atoms with Crippen molar-refractivity contribution in [2.45, 2.75) is 13.8 Å². The number of carbonyl (C=O) groups is 1. The lowest BCUT2D eigenvalue weighted by Gasteiger charge is -2.08. The number of benzene rings is 2. The Kier molecular flexibility index (Phi) is 3.98. The molecule has 116 valence electrons. The van der Waals surface area contributed by atoms with Gasteiger partial charge in [0.05, 0.1) is 12.1 Å². The van der Waals surface area contributed by atoms with E-state index in [1.165, 1.54) is 0 Å². The van der Waals surface area contributed by atoms with Gasteiger partial charge < -0.3 is 9.84 Å². The number of phenolic OH excluding ortho intramolecular Hbond substituents is 1. The van der Waals surface area contributed by atoms with E-state index in [2.05, 4.69) is 4.98 Å². The van der Waals surface area contributed by atoms with Crippen molar-refractivity contribution in [2.24, 2.45) is 0 Å². The zero-order valence-electron chi connectivity index (χ0n) is 13.0. The van der Waals surface area contributed by atoms with Gasteiger partial charge in [-0.3, -0.25) is 0 Å². The van der Waals surface area contributed by atoms with Crippen molar-refractivity contribution < 1.29 is 14.6 Å². The lowest BCUT2D eigenvalue weighted by molar-refractivity contribution is 0.0520. The molecule has 0 amide bonds. The molecule has 0 spiro atoms. The minimum atomic E-state index is -0.409. The normalized spacial score (nSPS) is 10.7. The molecule has 1 aromatic heterocycles. The van der Waals surface area contributed by atoms with Crippen molar-refractivity contribution in [1.82, 2.24) is 4.98 Å². The second-order valence-corrected chi connectivity index (χ2v) is 5.32. The summed E-state index contributed by atoms with van der Waals surface area (Å²) in [4.78, 5) is 16.1. The molecule has 0 aliphatic carbocycles. The molecule has 0 aliphatic heterocycles. The molecule has 4 nitrogen and oxygen atoms in total. The number of fused-ring (bicyclic) bond motifs is 1. The highest BCUT2D eigenvalue weighted by molar-refractivity contribution is 5.92. The van der Waals surface area contributed by atoms with Crippen LogP contribution in [0, 0.1) is 6.92 Å². The number of hydrogen-bond donors (Lipinski definition) is 1. The van der Waals surface area contributed by atoms with Gasteiger partial charge in [0.1, 0.15) is 11.4 Å². The summed E-state index contributed by atoms with van der Waals surface area (Å²) in [6.07, 6.45) is 0. The van der Waals surface area contributed by atoms with Gasteiger partial charge in [0, 0.05) is 5.39 Å². The number of esters is 1. The van der Waals surface area contributed by atoms with E-state index in [9.17, 15) is 9.90 Å². The summed E-state index contributed by atoms with van der Waals surface area (Å²) in [5.74, 6) is -0.152. The lowest BCUT2D eigenvalue weighted by Crippen LogP contribution is -2.06. The quantitative estimate of drug-likeness (QED) is 0.740. The second-order valence-electron chi connectivity index (χ2n) is 5.32. The molecule has 1 N–H and O–H groups in total. The van der Waals surface area contributed by atoms with E-state index in [0.29, 0.717) is 12.3 Å². The molecular formula is C19H17NO3. The maximum Gasteiger partial charge on any atom is 0.356 e. The summed E-state index contributed by atoms with van der Waals surface area (Å²) in [5, 5.41) is 10.5. The van der Waals surface area contributed by atoms with Gasteiger partial charge in [-0.15, -0.1) is 0 Å². The monoisotopic (exact) mass is 307 g/mol. The Hall–Kier alpha value is -2.88. The fourth-order valence-corrected chi connectivity index (χ4v) is 2.58. The number of hydrogen-bond acceptors (Lipinski definition) is 4. The number of ether oxygens (including phenoxy) is 1. The Morgan fingerprint density at radius 1 is 1.13 bits per heavy atom. The summed E-state index contributed by atoms with van der Waals surface area (Å²) in [5.41, 5.74) is 4.16. The zero-order chi connectivity index (χ0) is 16.4. The molecule has 0 saturated carbocycles. The van der Waals surface area contributed by atoms with Gasteiger partial charge in [-0.05, 0) is 60.9 Å². The van der Waals surface area contributed by atoms with Gasteiger partial charge in [0.2, 0.25) is 0 Å². The largest absolute Gasteiger partial charge is 0.508 e. The molecule has 3 aromatic rings. The standard InChI is InChI=1S/C19H17NO3/c1-3-23-19(22)18-9-5-14-11-13(4-8-17(14)20-18)16-7-6-15(21)10-12(16)2/h4-11,21H,3H2,1-2H3. The van der Waals surface area contributed by atoms with E-state index in [-0.39, 0.29) is 5.75 Å². The molecule has 0 bridgehead atoms. The molecular weight excluding hydrogens is 290 g/mol. The van der Waals surface area contributed by atoms with E-state index in [0.717, 1.165) is 27.6 Å². The maximum absolute atomic E-state index is 11.7. The van der Waals surface area contributed by atoms with Crippen LogP contribution >= 0.6 is 0 Å². The number of pyridine rings is 1. The Morgan fingerprint density at radius 3 is 2.70 bits per heavy atom. The third kappa shape index (κ3) is 3.01. The fourth-order valence-electron chi connectivity index (χ4n) is 2.58. The summed E-state index contributed by atoms with van der Waals surface area (Å²) in [6.45, 7) is 4.06. The molecule has 0 aliphatic rings. The number of phenols is 1. The summed E-state index contributed by atoms with van der Waals surface area (Å²) in [7, 11) is 0. The molecule has 0 fully saturated rings. The lowest BCUT2D eigenvalue weighted by atomic mass is 9.99. The molecule has 4 heteroatoms. The number of rotatable bonds is 3. The smallest absolute Gasteiger partial charge is 0.356 e. The molecule has 3 rings (SSSR count). The Labute approximate surface area is 134 Å². The number of aryl methyl sites for hydroxylation is 1. The maximum atomic E-state index is 11.7. The van der Waals surface area contributed by atoms with Gasteiger partial charge in [-0.2, -0.15) is 0 Å². The van der Waals surface area contributed by atoms with E-state index in [1.807, 2.05) is 37.3 Å². The van der Waals surface area contributed by atoms with Crippen LogP contribution in [0.2, 0.25) is 0 Å². The average molecular weight is 307 g/mol. The number of aromatic hydroxyl groups is 1. The molecule has 0 unspecified atom stereocenters. The van der Waals surface area contributed by atoms with Crippen LogP contribution in [0.3, 0.4) is 0 Å². The van der Waals surface area contributed by atoms with E-state index in [1.54, 1.807) is 25.1 Å². The van der Waals surface area contributed by atoms with Crippen LogP contribution in [-0.2, 0) is 4.74 Å². The average Bonchev–Trinajstić information content (AvgIpc) is 2.54. The van der Waals surface area contributed by atoms with Gasteiger partial charge in [-0.1, -0.05) is 18.2 Å². The van der Waals surface area contributed by atoms with Crippen molar-refractivity contribution in [1.29, 1.82) is 0 Å². The molecule has 0 atom stereocenters. The summed E-state index contributed by atoms with van der Waals surface area (Å²) in [6, 6.07) is 14.7. The Balaban J connectivity index is 2.03. The van der Waals surface area contributed by atoms with E-state index < -0.39 is 5.97 Å². The van der Waals surface area contributed by atoms with E-state index in [4.69, 9.17) is 4.74 Å². The molecule has 23 heavy (non-hydrogen) atoms. The topological polar surface area (TPSA) is 59.4 Å². The van der Waals surface area contributed by atoms with Crippen molar-refractivity contribution >= 4 is 16.9 Å². The van der Waals surface area contributed by atoms with Crippen molar-refractivity contribution in [3.05, 3.63) is 59.8 Å². The first-order valence-electron chi connectivity index (χ1n) is 7.46. The molecule has 2 aromatic carbocycles. The molecule has 1 heterocycles. The summed E-state index contributed by atoms with van der Waals surface area (Å²) >= 11 is 0. The van der Waals surface area contributed by atoms with Crippen molar-refractivity contribution in [2.75, 3.05) is 6.61 Å². The van der Waals surface area contributed by atoms with Gasteiger partial charge in [-0.25, -0.2) is 9.78 Å².